The number of thioether (sulfide) groups is 1. The third-order valence-corrected chi connectivity index (χ3v) is 4.56. The highest BCUT2D eigenvalue weighted by atomic mass is 32.2. The molecular weight excluding hydrogens is 300 g/mol. The monoisotopic (exact) mass is 318 g/mol. The maximum Gasteiger partial charge on any atom is 0.281 e. The van der Waals surface area contributed by atoms with Crippen molar-refractivity contribution in [1.29, 1.82) is 0 Å². The number of nitrogens with zero attached hydrogens (tertiary/aromatic N) is 3. The highest BCUT2D eigenvalue weighted by Crippen LogP contribution is 2.17. The second kappa shape index (κ2) is 6.39. The Morgan fingerprint density at radius 2 is 2.32 bits per heavy atom. The Labute approximate surface area is 132 Å². The first-order chi connectivity index (χ1) is 10.6. The molecule has 3 heterocycles. The van der Waals surface area contributed by atoms with Crippen LogP contribution < -0.4 is 5.32 Å². The maximum atomic E-state index is 11.9. The van der Waals surface area contributed by atoms with E-state index in [-0.39, 0.29) is 11.1 Å². The van der Waals surface area contributed by atoms with Crippen molar-refractivity contribution in [2.24, 2.45) is 0 Å². The molecule has 2 aromatic rings. The summed E-state index contributed by atoms with van der Waals surface area (Å²) in [5, 5.41) is 2.93. The normalized spacial score (nSPS) is 14.8. The zero-order valence-electron chi connectivity index (χ0n) is 12.4. The number of amides is 2. The van der Waals surface area contributed by atoms with Crippen LogP contribution in [0, 0.1) is 6.92 Å². The lowest BCUT2D eigenvalue weighted by molar-refractivity contribution is -0.121. The lowest BCUT2D eigenvalue weighted by atomic mass is 10.3. The molecule has 7 heteroatoms. The number of fused-ring (bicyclic) bond motifs is 1. The lowest BCUT2D eigenvalue weighted by Crippen LogP contribution is -2.30. The van der Waals surface area contributed by atoms with Crippen molar-refractivity contribution < 1.29 is 9.59 Å². The number of carbonyl (C=O) groups is 2. The number of carbonyl (C=O) groups excluding carboxylic acids is 2. The smallest absolute Gasteiger partial charge is 0.281 e. The number of aromatic nitrogens is 2. The predicted octanol–water partition coefficient (Wildman–Crippen LogP) is 1.82. The van der Waals surface area contributed by atoms with Gasteiger partial charge in [-0.3, -0.25) is 9.59 Å². The predicted molar refractivity (Wildman–Crippen MR) is 85.8 cm³/mol. The molecule has 1 aliphatic rings. The summed E-state index contributed by atoms with van der Waals surface area (Å²) >= 11 is 1.31. The second-order valence-corrected chi connectivity index (χ2v) is 6.30. The molecule has 0 saturated carbocycles. The van der Waals surface area contributed by atoms with E-state index in [0.717, 1.165) is 29.3 Å². The van der Waals surface area contributed by atoms with Crippen molar-refractivity contribution in [2.45, 2.75) is 19.9 Å². The first-order valence-corrected chi connectivity index (χ1v) is 8.24. The molecule has 1 saturated heterocycles. The Balaban J connectivity index is 1.51. The van der Waals surface area contributed by atoms with E-state index in [0.29, 0.717) is 19.5 Å². The van der Waals surface area contributed by atoms with Gasteiger partial charge in [-0.1, -0.05) is 17.8 Å². The standard InChI is InChI=1S/C15H18N4O2S/c1-11-3-2-4-13-17-12(10-19(11)13)9-16-14(20)5-6-18-7-8-22-15(18)21/h2-4,10H,5-9H2,1H3,(H,16,20). The average molecular weight is 318 g/mol. The molecule has 0 unspecified atom stereocenters. The molecule has 3 rings (SSSR count). The summed E-state index contributed by atoms with van der Waals surface area (Å²) < 4.78 is 2.00. The van der Waals surface area contributed by atoms with E-state index in [9.17, 15) is 9.59 Å². The van der Waals surface area contributed by atoms with Crippen LogP contribution in [0.5, 0.6) is 0 Å². The number of rotatable bonds is 5. The van der Waals surface area contributed by atoms with E-state index in [2.05, 4.69) is 10.3 Å². The minimum absolute atomic E-state index is 0.0570. The van der Waals surface area contributed by atoms with Gasteiger partial charge in [0.2, 0.25) is 5.91 Å². The molecule has 6 nitrogen and oxygen atoms in total. The highest BCUT2D eigenvalue weighted by molar-refractivity contribution is 8.13. The number of aryl methyl sites for hydroxylation is 1. The number of imidazole rings is 1. The van der Waals surface area contributed by atoms with E-state index < -0.39 is 0 Å². The minimum atomic E-state index is -0.0570. The summed E-state index contributed by atoms with van der Waals surface area (Å²) in [5.41, 5.74) is 2.81. The Bertz CT molecular complexity index is 713. The maximum absolute atomic E-state index is 11.9. The lowest BCUT2D eigenvalue weighted by Gasteiger charge is -2.13. The topological polar surface area (TPSA) is 66.7 Å². The van der Waals surface area contributed by atoms with Crippen molar-refractivity contribution in [3.05, 3.63) is 35.8 Å². The molecular formula is C15H18N4O2S. The number of hydrogen-bond donors (Lipinski definition) is 1. The fourth-order valence-corrected chi connectivity index (χ4v) is 3.28. The second-order valence-electron chi connectivity index (χ2n) is 5.26. The molecule has 2 amide bonds. The molecule has 0 spiro atoms. The minimum Gasteiger partial charge on any atom is -0.350 e. The van der Waals surface area contributed by atoms with Crippen LogP contribution in [0.1, 0.15) is 17.8 Å². The van der Waals surface area contributed by atoms with Gasteiger partial charge in [-0.05, 0) is 19.1 Å². The summed E-state index contributed by atoms with van der Waals surface area (Å²) in [6.07, 6.45) is 2.27. The average Bonchev–Trinajstić information content (AvgIpc) is 3.10. The first-order valence-electron chi connectivity index (χ1n) is 7.25. The van der Waals surface area contributed by atoms with E-state index in [1.54, 1.807) is 4.90 Å². The van der Waals surface area contributed by atoms with Crippen LogP contribution in [0.15, 0.2) is 24.4 Å². The number of hydrogen-bond acceptors (Lipinski definition) is 4. The molecule has 0 radical (unpaired) electrons. The summed E-state index contributed by atoms with van der Waals surface area (Å²) in [7, 11) is 0. The Hall–Kier alpha value is -2.02. The van der Waals surface area contributed by atoms with Crippen LogP contribution in [0.2, 0.25) is 0 Å². The van der Waals surface area contributed by atoms with Gasteiger partial charge in [0.05, 0.1) is 12.2 Å². The highest BCUT2D eigenvalue weighted by Gasteiger charge is 2.21. The van der Waals surface area contributed by atoms with Gasteiger partial charge in [0.15, 0.2) is 0 Å². The molecule has 116 valence electrons. The zero-order valence-corrected chi connectivity index (χ0v) is 13.2. The molecule has 1 aliphatic heterocycles. The third kappa shape index (κ3) is 3.24. The molecule has 0 atom stereocenters. The Morgan fingerprint density at radius 3 is 3.05 bits per heavy atom. The van der Waals surface area contributed by atoms with Crippen molar-refractivity contribution in [1.82, 2.24) is 19.6 Å². The molecule has 1 fully saturated rings. The molecule has 0 bridgehead atoms. The molecule has 1 N–H and O–H groups in total. The zero-order chi connectivity index (χ0) is 15.5. The van der Waals surface area contributed by atoms with Gasteiger partial charge in [0, 0.05) is 37.2 Å². The van der Waals surface area contributed by atoms with E-state index >= 15 is 0 Å². The van der Waals surface area contributed by atoms with Crippen LogP contribution in [0.25, 0.3) is 5.65 Å². The molecule has 0 aromatic carbocycles. The van der Waals surface area contributed by atoms with E-state index in [1.165, 1.54) is 11.8 Å². The van der Waals surface area contributed by atoms with Gasteiger partial charge in [-0.15, -0.1) is 0 Å². The molecule has 0 aliphatic carbocycles. The molecule has 2 aromatic heterocycles. The van der Waals surface area contributed by atoms with Crippen molar-refractivity contribution in [3.63, 3.8) is 0 Å². The Morgan fingerprint density at radius 1 is 1.45 bits per heavy atom. The van der Waals surface area contributed by atoms with Crippen LogP contribution in [-0.4, -0.2) is 44.3 Å². The third-order valence-electron chi connectivity index (χ3n) is 3.67. The van der Waals surface area contributed by atoms with Gasteiger partial charge in [-0.2, -0.15) is 0 Å². The largest absolute Gasteiger partial charge is 0.350 e. The quantitative estimate of drug-likeness (QED) is 0.913. The van der Waals surface area contributed by atoms with Crippen molar-refractivity contribution >= 4 is 28.6 Å². The summed E-state index contributed by atoms with van der Waals surface area (Å²) in [5.74, 6) is 0.764. The summed E-state index contributed by atoms with van der Waals surface area (Å²) in [6, 6.07) is 5.92. The Kier molecular flexibility index (Phi) is 4.33. The van der Waals surface area contributed by atoms with Crippen molar-refractivity contribution in [3.8, 4) is 0 Å². The van der Waals surface area contributed by atoms with Gasteiger partial charge < -0.3 is 14.6 Å². The van der Waals surface area contributed by atoms with Crippen molar-refractivity contribution in [2.75, 3.05) is 18.8 Å². The van der Waals surface area contributed by atoms with Gasteiger partial charge in [0.1, 0.15) is 5.65 Å². The van der Waals surface area contributed by atoms with Crippen LogP contribution >= 0.6 is 11.8 Å². The van der Waals surface area contributed by atoms with Crippen LogP contribution in [-0.2, 0) is 11.3 Å². The molecule has 22 heavy (non-hydrogen) atoms. The first kappa shape index (κ1) is 14.9. The SMILES string of the molecule is Cc1cccc2nc(CNC(=O)CCN3CCSC3=O)cn12. The van der Waals surface area contributed by atoms with Gasteiger partial charge >= 0.3 is 0 Å². The van der Waals surface area contributed by atoms with E-state index in [4.69, 9.17) is 0 Å². The summed E-state index contributed by atoms with van der Waals surface area (Å²) in [4.78, 5) is 29.5. The van der Waals surface area contributed by atoms with E-state index in [1.807, 2.05) is 35.7 Å². The number of nitrogens with one attached hydrogen (secondary N) is 1. The van der Waals surface area contributed by atoms with Gasteiger partial charge in [-0.25, -0.2) is 4.98 Å². The fraction of sp³-hybridized carbons (Fsp3) is 0.400. The number of pyridine rings is 1. The van der Waals surface area contributed by atoms with Gasteiger partial charge in [0.25, 0.3) is 5.24 Å². The summed E-state index contributed by atoms with van der Waals surface area (Å²) in [6.45, 7) is 3.65. The van der Waals surface area contributed by atoms with Crippen LogP contribution in [0.3, 0.4) is 0 Å². The van der Waals surface area contributed by atoms with Crippen LogP contribution in [0.4, 0.5) is 4.79 Å². The fourth-order valence-electron chi connectivity index (χ4n) is 2.43.